The second kappa shape index (κ2) is 8.28. The van der Waals surface area contributed by atoms with Crippen LogP contribution in [0.2, 0.25) is 0 Å². The Hall–Kier alpha value is -1.06. The molecule has 4 heteroatoms. The lowest BCUT2D eigenvalue weighted by Crippen LogP contribution is -2.41. The van der Waals surface area contributed by atoms with E-state index in [0.29, 0.717) is 12.5 Å². The van der Waals surface area contributed by atoms with Crippen molar-refractivity contribution in [3.8, 4) is 0 Å². The lowest BCUT2D eigenvalue weighted by atomic mass is 9.81. The van der Waals surface area contributed by atoms with E-state index in [2.05, 4.69) is 25.2 Å². The first-order chi connectivity index (χ1) is 8.99. The predicted molar refractivity (Wildman–Crippen MR) is 88.5 cm³/mol. The van der Waals surface area contributed by atoms with E-state index in [4.69, 9.17) is 5.73 Å². The van der Waals surface area contributed by atoms with Gasteiger partial charge in [0.15, 0.2) is 0 Å². The van der Waals surface area contributed by atoms with Crippen molar-refractivity contribution in [2.24, 2.45) is 11.1 Å². The highest BCUT2D eigenvalue weighted by molar-refractivity contribution is 5.95. The summed E-state index contributed by atoms with van der Waals surface area (Å²) in [4.78, 5) is 12.4. The molecule has 1 aromatic carbocycles. The molecule has 114 valence electrons. The summed E-state index contributed by atoms with van der Waals surface area (Å²) in [5, 5.41) is 3.01. The number of rotatable bonds is 6. The zero-order chi connectivity index (χ0) is 14.5. The Morgan fingerprint density at radius 2 is 1.90 bits per heavy atom. The van der Waals surface area contributed by atoms with Crippen LogP contribution in [0, 0.1) is 5.41 Å². The number of amides is 1. The number of anilines is 1. The van der Waals surface area contributed by atoms with Crippen molar-refractivity contribution < 1.29 is 4.79 Å². The van der Waals surface area contributed by atoms with Crippen LogP contribution in [0.25, 0.3) is 0 Å². The average Bonchev–Trinajstić information content (AvgIpc) is 2.41. The zero-order valence-corrected chi connectivity index (χ0v) is 13.7. The Labute approximate surface area is 128 Å². The number of benzene rings is 1. The van der Waals surface area contributed by atoms with Crippen molar-refractivity contribution in [1.29, 1.82) is 0 Å². The molecule has 0 heterocycles. The van der Waals surface area contributed by atoms with Crippen LogP contribution < -0.4 is 11.1 Å². The van der Waals surface area contributed by atoms with Gasteiger partial charge in [-0.3, -0.25) is 4.79 Å². The van der Waals surface area contributed by atoms with Gasteiger partial charge >= 0.3 is 0 Å². The van der Waals surface area contributed by atoms with Gasteiger partial charge in [0, 0.05) is 12.2 Å². The first kappa shape index (κ1) is 18.9. The summed E-state index contributed by atoms with van der Waals surface area (Å²) in [7, 11) is 0. The highest BCUT2D eigenvalue weighted by Gasteiger charge is 2.33. The van der Waals surface area contributed by atoms with Crippen molar-refractivity contribution in [3.63, 3.8) is 0 Å². The Bertz CT molecular complexity index is 420. The summed E-state index contributed by atoms with van der Waals surface area (Å²) >= 11 is 0. The molecule has 1 aromatic rings. The van der Waals surface area contributed by atoms with Gasteiger partial charge in [-0.2, -0.15) is 0 Å². The molecular formula is C16H27ClN2O. The third kappa shape index (κ3) is 4.22. The van der Waals surface area contributed by atoms with Crippen LogP contribution in [0.5, 0.6) is 0 Å². The largest absolute Gasteiger partial charge is 0.329 e. The molecule has 1 rings (SSSR count). The lowest BCUT2D eigenvalue weighted by Gasteiger charge is -2.28. The molecule has 0 spiro atoms. The zero-order valence-electron chi connectivity index (χ0n) is 12.9. The van der Waals surface area contributed by atoms with Gasteiger partial charge in [-0.15, -0.1) is 12.4 Å². The van der Waals surface area contributed by atoms with Gasteiger partial charge in [-0.25, -0.2) is 0 Å². The highest BCUT2D eigenvalue weighted by atomic mass is 35.5. The molecule has 20 heavy (non-hydrogen) atoms. The number of nitrogens with one attached hydrogen (secondary N) is 1. The first-order valence-electron chi connectivity index (χ1n) is 7.10. The quantitative estimate of drug-likeness (QED) is 0.836. The van der Waals surface area contributed by atoms with Crippen molar-refractivity contribution in [3.05, 3.63) is 29.8 Å². The fourth-order valence-corrected chi connectivity index (χ4v) is 2.19. The standard InChI is InChI=1S/C16H26N2O.ClH/c1-5-16(6-2,11-17)15(19)18-14-9-7-8-13(10-14)12(3)4;/h7-10,12H,5-6,11,17H2,1-4H3,(H,18,19);1H. The minimum absolute atomic E-state index is 0. The molecule has 0 fully saturated rings. The van der Waals surface area contributed by atoms with E-state index in [1.807, 2.05) is 32.0 Å². The summed E-state index contributed by atoms with van der Waals surface area (Å²) in [5.41, 5.74) is 7.43. The van der Waals surface area contributed by atoms with Crippen LogP contribution in [-0.4, -0.2) is 12.5 Å². The SMILES string of the molecule is CCC(CC)(CN)C(=O)Nc1cccc(C(C)C)c1.Cl. The molecule has 1 amide bonds. The molecule has 0 aliphatic heterocycles. The van der Waals surface area contributed by atoms with E-state index < -0.39 is 5.41 Å². The molecule has 0 saturated carbocycles. The number of halogens is 1. The summed E-state index contributed by atoms with van der Waals surface area (Å²) in [6.45, 7) is 8.70. The number of hydrogen-bond donors (Lipinski definition) is 2. The maximum atomic E-state index is 12.4. The summed E-state index contributed by atoms with van der Waals surface area (Å²) in [5.74, 6) is 0.481. The molecule has 3 nitrogen and oxygen atoms in total. The van der Waals surface area contributed by atoms with Gasteiger partial charge in [-0.05, 0) is 36.5 Å². The van der Waals surface area contributed by atoms with Crippen LogP contribution >= 0.6 is 12.4 Å². The first-order valence-corrected chi connectivity index (χ1v) is 7.10. The lowest BCUT2D eigenvalue weighted by molar-refractivity contribution is -0.125. The van der Waals surface area contributed by atoms with E-state index in [9.17, 15) is 4.79 Å². The van der Waals surface area contributed by atoms with Crippen LogP contribution in [0.1, 0.15) is 52.0 Å². The third-order valence-electron chi connectivity index (χ3n) is 4.04. The van der Waals surface area contributed by atoms with Gasteiger partial charge in [0.05, 0.1) is 5.41 Å². The van der Waals surface area contributed by atoms with Crippen LogP contribution in [0.3, 0.4) is 0 Å². The predicted octanol–water partition coefficient (Wildman–Crippen LogP) is 3.94. The molecule has 0 unspecified atom stereocenters. The smallest absolute Gasteiger partial charge is 0.231 e. The molecule has 0 aromatic heterocycles. The molecular weight excluding hydrogens is 272 g/mol. The third-order valence-corrected chi connectivity index (χ3v) is 4.04. The fourth-order valence-electron chi connectivity index (χ4n) is 2.19. The second-order valence-electron chi connectivity index (χ2n) is 5.43. The Balaban J connectivity index is 0.00000361. The normalized spacial score (nSPS) is 11.1. The Morgan fingerprint density at radius 1 is 1.30 bits per heavy atom. The van der Waals surface area contributed by atoms with Crippen LogP contribution in [-0.2, 0) is 4.79 Å². The van der Waals surface area contributed by atoms with Crippen LogP contribution in [0.15, 0.2) is 24.3 Å². The molecule has 0 bridgehead atoms. The van der Waals surface area contributed by atoms with Gasteiger partial charge in [-0.1, -0.05) is 39.8 Å². The number of carbonyl (C=O) groups excluding carboxylic acids is 1. The summed E-state index contributed by atoms with van der Waals surface area (Å²) in [6, 6.07) is 8.02. The molecule has 0 aliphatic carbocycles. The van der Waals surface area contributed by atoms with Crippen molar-refractivity contribution >= 4 is 24.0 Å². The topological polar surface area (TPSA) is 55.1 Å². The van der Waals surface area contributed by atoms with Crippen molar-refractivity contribution in [2.75, 3.05) is 11.9 Å². The average molecular weight is 299 g/mol. The van der Waals surface area contributed by atoms with Crippen molar-refractivity contribution in [2.45, 2.75) is 46.5 Å². The molecule has 0 radical (unpaired) electrons. The van der Waals surface area contributed by atoms with Gasteiger partial charge in [0.2, 0.25) is 5.91 Å². The van der Waals surface area contributed by atoms with E-state index >= 15 is 0 Å². The highest BCUT2D eigenvalue weighted by Crippen LogP contribution is 2.27. The Morgan fingerprint density at radius 3 is 2.35 bits per heavy atom. The maximum absolute atomic E-state index is 12.4. The number of nitrogens with two attached hydrogens (primary N) is 1. The number of hydrogen-bond acceptors (Lipinski definition) is 2. The van der Waals surface area contributed by atoms with Gasteiger partial charge in [0.25, 0.3) is 0 Å². The molecule has 0 saturated heterocycles. The maximum Gasteiger partial charge on any atom is 0.231 e. The summed E-state index contributed by atoms with van der Waals surface area (Å²) in [6.07, 6.45) is 1.52. The van der Waals surface area contributed by atoms with E-state index in [0.717, 1.165) is 18.5 Å². The van der Waals surface area contributed by atoms with Crippen molar-refractivity contribution in [1.82, 2.24) is 0 Å². The van der Waals surface area contributed by atoms with Gasteiger partial charge < -0.3 is 11.1 Å². The molecule has 3 N–H and O–H groups in total. The van der Waals surface area contributed by atoms with Crippen LogP contribution in [0.4, 0.5) is 5.69 Å². The minimum atomic E-state index is -0.451. The van der Waals surface area contributed by atoms with E-state index in [-0.39, 0.29) is 18.3 Å². The van der Waals surface area contributed by atoms with Gasteiger partial charge in [0.1, 0.15) is 0 Å². The molecule has 0 atom stereocenters. The second-order valence-corrected chi connectivity index (χ2v) is 5.43. The monoisotopic (exact) mass is 298 g/mol. The number of carbonyl (C=O) groups is 1. The van der Waals surface area contributed by atoms with E-state index in [1.165, 1.54) is 5.56 Å². The Kier molecular flexibility index (Phi) is 7.84. The minimum Gasteiger partial charge on any atom is -0.329 e. The van der Waals surface area contributed by atoms with E-state index in [1.54, 1.807) is 0 Å². The molecule has 0 aliphatic rings. The fraction of sp³-hybridized carbons (Fsp3) is 0.562. The summed E-state index contributed by atoms with van der Waals surface area (Å²) < 4.78 is 0.